The first-order valence-electron chi connectivity index (χ1n) is 12.0. The van der Waals surface area contributed by atoms with Crippen molar-refractivity contribution in [3.63, 3.8) is 0 Å². The van der Waals surface area contributed by atoms with Crippen LogP contribution in [0.4, 0.5) is 0 Å². The zero-order valence-electron chi connectivity index (χ0n) is 18.0. The Morgan fingerprint density at radius 2 is 1.29 bits per heavy atom. The van der Waals surface area contributed by atoms with Crippen molar-refractivity contribution < 1.29 is 0 Å². The molecule has 0 N–H and O–H groups in total. The molecular weight excluding hydrogens is 344 g/mol. The molecule has 0 aromatic carbocycles. The van der Waals surface area contributed by atoms with E-state index in [0.717, 1.165) is 11.5 Å². The maximum Gasteiger partial charge on any atom is 0.162 e. The Balaban J connectivity index is 1.70. The van der Waals surface area contributed by atoms with Crippen LogP contribution in [0.5, 0.6) is 0 Å². The summed E-state index contributed by atoms with van der Waals surface area (Å²) in [5, 5.41) is 4.74. The summed E-state index contributed by atoms with van der Waals surface area (Å²) in [6.07, 6.45) is 20.8. The molecular formula is C24H38N4. The monoisotopic (exact) mass is 382 g/mol. The van der Waals surface area contributed by atoms with Crippen molar-refractivity contribution in [2.24, 2.45) is 0 Å². The molecule has 2 heterocycles. The van der Waals surface area contributed by atoms with Crippen molar-refractivity contribution >= 4 is 5.65 Å². The van der Waals surface area contributed by atoms with E-state index in [1.54, 1.807) is 0 Å². The van der Waals surface area contributed by atoms with Crippen LogP contribution in [0.25, 0.3) is 5.65 Å². The SMILES string of the molecule is CC(C)c1cnn2c(C3CCCC3)nc(C3CCCCCCCCCC3)nc12. The molecule has 2 fully saturated rings. The summed E-state index contributed by atoms with van der Waals surface area (Å²) in [7, 11) is 0. The molecule has 0 saturated heterocycles. The Morgan fingerprint density at radius 1 is 0.750 bits per heavy atom. The summed E-state index contributed by atoms with van der Waals surface area (Å²) in [6.45, 7) is 4.50. The van der Waals surface area contributed by atoms with Crippen LogP contribution in [0.3, 0.4) is 0 Å². The highest BCUT2D eigenvalue weighted by Gasteiger charge is 2.26. The molecule has 2 saturated carbocycles. The highest BCUT2D eigenvalue weighted by Crippen LogP contribution is 2.36. The first kappa shape index (κ1) is 19.8. The molecule has 0 amide bonds. The minimum atomic E-state index is 0.448. The first-order chi connectivity index (χ1) is 13.7. The van der Waals surface area contributed by atoms with Crippen LogP contribution in [-0.2, 0) is 0 Å². The van der Waals surface area contributed by atoms with E-state index in [0.29, 0.717) is 17.8 Å². The van der Waals surface area contributed by atoms with E-state index < -0.39 is 0 Å². The number of fused-ring (bicyclic) bond motifs is 1. The average Bonchev–Trinajstić information content (AvgIpc) is 3.35. The molecule has 0 atom stereocenters. The molecule has 0 radical (unpaired) electrons. The minimum Gasteiger partial charge on any atom is -0.217 e. The smallest absolute Gasteiger partial charge is 0.162 e. The molecule has 2 aliphatic carbocycles. The predicted molar refractivity (Wildman–Crippen MR) is 115 cm³/mol. The fourth-order valence-corrected chi connectivity index (χ4v) is 5.22. The molecule has 0 spiro atoms. The highest BCUT2D eigenvalue weighted by molar-refractivity contribution is 5.49. The number of nitrogens with zero attached hydrogens (tertiary/aromatic N) is 4. The van der Waals surface area contributed by atoms with Gasteiger partial charge in [0.15, 0.2) is 5.65 Å². The van der Waals surface area contributed by atoms with Gasteiger partial charge in [0.1, 0.15) is 11.6 Å². The van der Waals surface area contributed by atoms with E-state index in [4.69, 9.17) is 15.1 Å². The van der Waals surface area contributed by atoms with Gasteiger partial charge in [-0.1, -0.05) is 78.1 Å². The quantitative estimate of drug-likeness (QED) is 0.579. The van der Waals surface area contributed by atoms with Crippen LogP contribution in [0, 0.1) is 0 Å². The second kappa shape index (κ2) is 9.37. The number of hydrogen-bond acceptors (Lipinski definition) is 3. The molecule has 2 aromatic rings. The lowest BCUT2D eigenvalue weighted by molar-refractivity contribution is 0.486. The topological polar surface area (TPSA) is 43.1 Å². The lowest BCUT2D eigenvalue weighted by Gasteiger charge is -2.19. The van der Waals surface area contributed by atoms with Gasteiger partial charge in [0.05, 0.1) is 6.20 Å². The minimum absolute atomic E-state index is 0.448. The number of aromatic nitrogens is 4. The van der Waals surface area contributed by atoms with Crippen molar-refractivity contribution in [1.82, 2.24) is 19.6 Å². The molecule has 0 aliphatic heterocycles. The van der Waals surface area contributed by atoms with E-state index in [9.17, 15) is 0 Å². The van der Waals surface area contributed by atoms with Gasteiger partial charge in [-0.25, -0.2) is 14.5 Å². The van der Waals surface area contributed by atoms with Crippen molar-refractivity contribution in [3.05, 3.63) is 23.4 Å². The number of rotatable bonds is 3. The van der Waals surface area contributed by atoms with E-state index >= 15 is 0 Å². The zero-order valence-corrected chi connectivity index (χ0v) is 18.0. The van der Waals surface area contributed by atoms with E-state index in [2.05, 4.69) is 18.4 Å². The summed E-state index contributed by atoms with van der Waals surface area (Å²) in [5.41, 5.74) is 2.36. The molecule has 0 unspecified atom stereocenters. The van der Waals surface area contributed by atoms with Gasteiger partial charge in [0.2, 0.25) is 0 Å². The van der Waals surface area contributed by atoms with Gasteiger partial charge in [-0.05, 0) is 31.6 Å². The summed E-state index contributed by atoms with van der Waals surface area (Å²) >= 11 is 0. The van der Waals surface area contributed by atoms with Crippen molar-refractivity contribution in [2.45, 2.75) is 121 Å². The fraction of sp³-hybridized carbons (Fsp3) is 0.792. The van der Waals surface area contributed by atoms with E-state index in [1.807, 2.05) is 6.20 Å². The average molecular weight is 383 g/mol. The third-order valence-electron chi connectivity index (χ3n) is 7.00. The van der Waals surface area contributed by atoms with E-state index in [1.165, 1.54) is 101 Å². The lowest BCUT2D eigenvalue weighted by Crippen LogP contribution is -2.14. The highest BCUT2D eigenvalue weighted by atomic mass is 15.3. The van der Waals surface area contributed by atoms with Crippen LogP contribution >= 0.6 is 0 Å². The summed E-state index contributed by atoms with van der Waals surface area (Å²) < 4.78 is 2.08. The number of hydrogen-bond donors (Lipinski definition) is 0. The van der Waals surface area contributed by atoms with Crippen molar-refractivity contribution in [2.75, 3.05) is 0 Å². The van der Waals surface area contributed by atoms with Gasteiger partial charge in [-0.3, -0.25) is 0 Å². The third-order valence-corrected chi connectivity index (χ3v) is 7.00. The fourth-order valence-electron chi connectivity index (χ4n) is 5.22. The van der Waals surface area contributed by atoms with Gasteiger partial charge in [0, 0.05) is 17.4 Å². The maximum absolute atomic E-state index is 5.22. The molecule has 154 valence electrons. The van der Waals surface area contributed by atoms with Crippen molar-refractivity contribution in [1.29, 1.82) is 0 Å². The summed E-state index contributed by atoms with van der Waals surface area (Å²) in [5.74, 6) is 3.85. The molecule has 2 aliphatic rings. The van der Waals surface area contributed by atoms with Gasteiger partial charge < -0.3 is 0 Å². The normalized spacial score (nSPS) is 21.4. The summed E-state index contributed by atoms with van der Waals surface area (Å²) in [6, 6.07) is 0. The Bertz CT molecular complexity index is 745. The third kappa shape index (κ3) is 4.41. The largest absolute Gasteiger partial charge is 0.217 e. The van der Waals surface area contributed by atoms with Gasteiger partial charge >= 0.3 is 0 Å². The maximum atomic E-state index is 5.22. The zero-order chi connectivity index (χ0) is 19.3. The molecule has 0 bridgehead atoms. The van der Waals surface area contributed by atoms with Crippen LogP contribution in [0.1, 0.15) is 139 Å². The van der Waals surface area contributed by atoms with Crippen LogP contribution in [-0.4, -0.2) is 19.6 Å². The molecule has 4 heteroatoms. The van der Waals surface area contributed by atoms with Gasteiger partial charge in [-0.2, -0.15) is 5.10 Å². The Hall–Kier alpha value is -1.45. The molecule has 28 heavy (non-hydrogen) atoms. The molecule has 4 rings (SSSR count). The first-order valence-corrected chi connectivity index (χ1v) is 12.0. The summed E-state index contributed by atoms with van der Waals surface area (Å²) in [4.78, 5) is 10.4. The second-order valence-electron chi connectivity index (χ2n) is 9.51. The Labute approximate surface area is 170 Å². The standard InChI is InChI=1S/C24H38N4/c1-18(2)21-17-25-28-23(20-15-11-12-16-20)26-22(27-24(21)28)19-13-9-7-5-3-4-6-8-10-14-19/h17-20H,3-16H2,1-2H3. The Morgan fingerprint density at radius 3 is 1.89 bits per heavy atom. The second-order valence-corrected chi connectivity index (χ2v) is 9.51. The Kier molecular flexibility index (Phi) is 6.64. The molecule has 2 aromatic heterocycles. The lowest BCUT2D eigenvalue weighted by atomic mass is 9.94. The van der Waals surface area contributed by atoms with Gasteiger partial charge in [0.25, 0.3) is 0 Å². The predicted octanol–water partition coefficient (Wildman–Crippen LogP) is 6.90. The van der Waals surface area contributed by atoms with Crippen molar-refractivity contribution in [3.8, 4) is 0 Å². The van der Waals surface area contributed by atoms with Crippen LogP contribution < -0.4 is 0 Å². The van der Waals surface area contributed by atoms with E-state index in [-0.39, 0.29) is 0 Å². The van der Waals surface area contributed by atoms with Crippen LogP contribution in [0.2, 0.25) is 0 Å². The molecule has 4 nitrogen and oxygen atoms in total. The van der Waals surface area contributed by atoms with Gasteiger partial charge in [-0.15, -0.1) is 0 Å². The van der Waals surface area contributed by atoms with Crippen LogP contribution in [0.15, 0.2) is 6.20 Å².